The average Bonchev–Trinajstić information content (AvgIpc) is 3.81. The number of rotatable bonds is 12. The molecule has 10 nitrogen and oxygen atoms in total. The zero-order valence-electron chi connectivity index (χ0n) is 24.0. The molecular formula is C32H36FN3O7. The number of carbonyl (C=O) groups excluding carboxylic acids is 3. The minimum Gasteiger partial charge on any atom is -0.497 e. The molecule has 228 valence electrons. The quantitative estimate of drug-likeness (QED) is 0.277. The lowest BCUT2D eigenvalue weighted by Crippen LogP contribution is -2.49. The first-order valence-electron chi connectivity index (χ1n) is 14.4. The normalized spacial score (nSPS) is 23.0. The van der Waals surface area contributed by atoms with Crippen LogP contribution in [0.15, 0.2) is 66.5 Å². The fourth-order valence-electron chi connectivity index (χ4n) is 5.44. The van der Waals surface area contributed by atoms with Crippen LogP contribution < -0.4 is 15.4 Å². The van der Waals surface area contributed by atoms with Gasteiger partial charge in [-0.25, -0.2) is 14.1 Å². The Morgan fingerprint density at radius 3 is 2.56 bits per heavy atom. The van der Waals surface area contributed by atoms with Crippen LogP contribution in [0.25, 0.3) is 0 Å². The summed E-state index contributed by atoms with van der Waals surface area (Å²) in [6.45, 7) is 1.33. The average molecular weight is 594 g/mol. The van der Waals surface area contributed by atoms with Gasteiger partial charge in [0.25, 0.3) is 5.91 Å². The van der Waals surface area contributed by atoms with Crippen LogP contribution in [-0.2, 0) is 20.7 Å². The summed E-state index contributed by atoms with van der Waals surface area (Å²) >= 11 is 0. The van der Waals surface area contributed by atoms with Crippen LogP contribution in [0.2, 0.25) is 0 Å². The monoisotopic (exact) mass is 593 g/mol. The fourth-order valence-corrected chi connectivity index (χ4v) is 5.44. The molecule has 4 N–H and O–H groups in total. The first-order chi connectivity index (χ1) is 20.7. The highest BCUT2D eigenvalue weighted by Gasteiger charge is 2.48. The van der Waals surface area contributed by atoms with Crippen molar-refractivity contribution in [2.75, 3.05) is 25.6 Å². The maximum Gasteiger partial charge on any atom is 0.325 e. The molecule has 0 bridgehead atoms. The third-order valence-corrected chi connectivity index (χ3v) is 8.06. The Morgan fingerprint density at radius 1 is 1.19 bits per heavy atom. The predicted molar refractivity (Wildman–Crippen MR) is 156 cm³/mol. The summed E-state index contributed by atoms with van der Waals surface area (Å²) in [5, 5.41) is 23.9. The Bertz CT molecular complexity index is 1420. The molecule has 2 aromatic rings. The number of carbonyl (C=O) groups is 3. The largest absolute Gasteiger partial charge is 0.497 e. The SMILES string of the molecule is COc1ccc(CC(C(=O)Nc2ccc(C3CC3)cc2F)N2C(=O)N[C@H](C3C=CC(OC[C@@H](O)CO)=CC3C)C2=O)cc1. The molecule has 1 aliphatic heterocycles. The topological polar surface area (TPSA) is 137 Å². The summed E-state index contributed by atoms with van der Waals surface area (Å²) in [6, 6.07) is 8.72. The lowest BCUT2D eigenvalue weighted by atomic mass is 9.83. The number of benzene rings is 2. The maximum atomic E-state index is 15.0. The molecule has 0 spiro atoms. The van der Waals surface area contributed by atoms with Gasteiger partial charge in [-0.05, 0) is 72.2 Å². The van der Waals surface area contributed by atoms with Gasteiger partial charge >= 0.3 is 6.03 Å². The number of hydrogen-bond donors (Lipinski definition) is 4. The number of aliphatic hydroxyl groups is 2. The number of aliphatic hydroxyl groups excluding tert-OH is 2. The number of ether oxygens (including phenoxy) is 2. The highest BCUT2D eigenvalue weighted by Crippen LogP contribution is 2.41. The van der Waals surface area contributed by atoms with E-state index in [4.69, 9.17) is 14.6 Å². The van der Waals surface area contributed by atoms with Crippen LogP contribution in [0.1, 0.15) is 36.8 Å². The lowest BCUT2D eigenvalue weighted by Gasteiger charge is -2.28. The highest BCUT2D eigenvalue weighted by molar-refractivity contribution is 6.09. The Hall–Kier alpha value is -4.22. The summed E-state index contributed by atoms with van der Waals surface area (Å²) in [5.41, 5.74) is 1.53. The third-order valence-electron chi connectivity index (χ3n) is 8.06. The number of amides is 4. The summed E-state index contributed by atoms with van der Waals surface area (Å²) < 4.78 is 25.7. The number of imide groups is 1. The second kappa shape index (κ2) is 13.0. The first-order valence-corrected chi connectivity index (χ1v) is 14.4. The third kappa shape index (κ3) is 6.89. The Balaban J connectivity index is 1.36. The van der Waals surface area contributed by atoms with Crippen molar-refractivity contribution in [2.45, 2.75) is 50.3 Å². The van der Waals surface area contributed by atoms with Crippen LogP contribution >= 0.6 is 0 Å². The van der Waals surface area contributed by atoms with Crippen molar-refractivity contribution in [2.24, 2.45) is 11.8 Å². The standard InChI is InChI=1S/C32H36FN3O7/c1-18-13-24(43-17-22(38)16-37)10-11-25(18)29-31(40)36(32(41)35-29)28(14-19-3-8-23(42-2)9-4-19)30(39)34-27-12-7-21(15-26(27)33)20-5-6-20/h3-4,7-13,15,18,20,22,25,28-29,37-38H,5-6,14,16-17H2,1-2H3,(H,34,39)(H,35,41)/t18?,22-,25?,28?,29+/m0/s1. The van der Waals surface area contributed by atoms with E-state index in [1.54, 1.807) is 48.6 Å². The van der Waals surface area contributed by atoms with Crippen molar-refractivity contribution in [3.63, 3.8) is 0 Å². The van der Waals surface area contributed by atoms with Gasteiger partial charge < -0.3 is 30.3 Å². The molecule has 0 aromatic heterocycles. The molecular weight excluding hydrogens is 557 g/mol. The molecule has 11 heteroatoms. The molecule has 3 aliphatic rings. The molecule has 0 radical (unpaired) electrons. The van der Waals surface area contributed by atoms with E-state index in [1.165, 1.54) is 19.2 Å². The van der Waals surface area contributed by atoms with Gasteiger partial charge in [0.15, 0.2) is 0 Å². The second-order valence-electron chi connectivity index (χ2n) is 11.2. The van der Waals surface area contributed by atoms with E-state index >= 15 is 0 Å². The van der Waals surface area contributed by atoms with Crippen LogP contribution in [0.4, 0.5) is 14.9 Å². The van der Waals surface area contributed by atoms with E-state index in [0.29, 0.717) is 23.0 Å². The van der Waals surface area contributed by atoms with Crippen LogP contribution in [0.5, 0.6) is 5.75 Å². The second-order valence-corrected chi connectivity index (χ2v) is 11.2. The summed E-state index contributed by atoms with van der Waals surface area (Å²) in [4.78, 5) is 41.7. The van der Waals surface area contributed by atoms with E-state index in [0.717, 1.165) is 23.3 Å². The van der Waals surface area contributed by atoms with E-state index in [1.807, 2.05) is 6.92 Å². The van der Waals surface area contributed by atoms with Gasteiger partial charge in [-0.1, -0.05) is 31.2 Å². The van der Waals surface area contributed by atoms with Crippen LogP contribution in [0, 0.1) is 17.7 Å². The van der Waals surface area contributed by atoms with E-state index < -0.39 is 54.4 Å². The Morgan fingerprint density at radius 2 is 1.93 bits per heavy atom. The minimum absolute atomic E-state index is 0.00458. The summed E-state index contributed by atoms with van der Waals surface area (Å²) in [5.74, 6) is -1.10. The van der Waals surface area contributed by atoms with Crippen molar-refractivity contribution >= 4 is 23.5 Å². The van der Waals surface area contributed by atoms with E-state index in [9.17, 15) is 23.9 Å². The van der Waals surface area contributed by atoms with Gasteiger partial charge in [0.2, 0.25) is 5.91 Å². The van der Waals surface area contributed by atoms with E-state index in [-0.39, 0.29) is 24.6 Å². The number of halogens is 1. The van der Waals surface area contributed by atoms with Crippen LogP contribution in [0.3, 0.4) is 0 Å². The number of urea groups is 1. The van der Waals surface area contributed by atoms with Crippen LogP contribution in [-0.4, -0.2) is 71.5 Å². The molecule has 4 amide bonds. The zero-order chi connectivity index (χ0) is 30.7. The molecule has 2 fully saturated rings. The van der Waals surface area contributed by atoms with Gasteiger partial charge in [-0.3, -0.25) is 9.59 Å². The van der Waals surface area contributed by atoms with Crippen molar-refractivity contribution < 1.29 is 38.5 Å². The maximum absolute atomic E-state index is 15.0. The molecule has 2 aromatic carbocycles. The number of hydrogen-bond acceptors (Lipinski definition) is 7. The van der Waals surface area contributed by atoms with Crippen molar-refractivity contribution in [1.82, 2.24) is 10.2 Å². The molecule has 2 aliphatic carbocycles. The zero-order valence-corrected chi connectivity index (χ0v) is 24.0. The van der Waals surface area contributed by atoms with Crippen molar-refractivity contribution in [3.8, 4) is 5.75 Å². The van der Waals surface area contributed by atoms with Crippen molar-refractivity contribution in [3.05, 3.63) is 83.4 Å². The molecule has 5 rings (SSSR count). The molecule has 1 heterocycles. The predicted octanol–water partition coefficient (Wildman–Crippen LogP) is 3.26. The molecule has 5 atom stereocenters. The van der Waals surface area contributed by atoms with Gasteiger partial charge in [0.1, 0.15) is 42.1 Å². The highest BCUT2D eigenvalue weighted by atomic mass is 19.1. The summed E-state index contributed by atoms with van der Waals surface area (Å²) in [7, 11) is 1.53. The number of nitrogens with zero attached hydrogens (tertiary/aromatic N) is 1. The number of nitrogens with one attached hydrogen (secondary N) is 2. The van der Waals surface area contributed by atoms with Gasteiger partial charge in [0, 0.05) is 12.3 Å². The lowest BCUT2D eigenvalue weighted by molar-refractivity contribution is -0.134. The molecule has 1 saturated carbocycles. The Kier molecular flexibility index (Phi) is 9.12. The van der Waals surface area contributed by atoms with Gasteiger partial charge in [-0.15, -0.1) is 0 Å². The van der Waals surface area contributed by atoms with Crippen molar-refractivity contribution in [1.29, 1.82) is 0 Å². The van der Waals surface area contributed by atoms with Gasteiger partial charge in [-0.2, -0.15) is 0 Å². The molecule has 1 saturated heterocycles. The molecule has 3 unspecified atom stereocenters. The molecule has 43 heavy (non-hydrogen) atoms. The summed E-state index contributed by atoms with van der Waals surface area (Å²) in [6.07, 6.45) is 6.16. The minimum atomic E-state index is -1.26. The van der Waals surface area contributed by atoms with Gasteiger partial charge in [0.05, 0.1) is 19.4 Å². The first kappa shape index (κ1) is 30.2. The fraction of sp³-hybridized carbons (Fsp3) is 0.406. The smallest absolute Gasteiger partial charge is 0.325 e. The number of methoxy groups -OCH3 is 1. The number of allylic oxidation sites excluding steroid dienone is 2. The Labute approximate surface area is 249 Å². The van der Waals surface area contributed by atoms with E-state index in [2.05, 4.69) is 10.6 Å². The number of anilines is 1.